The quantitative estimate of drug-likeness (QED) is 0.322. The largest absolute Gasteiger partial charge is 0.203 e. The number of benzene rings is 1. The molecule has 0 amide bonds. The fourth-order valence-corrected chi connectivity index (χ4v) is 1.56. The highest BCUT2D eigenvalue weighted by Gasteiger charge is 2.26. The predicted octanol–water partition coefficient (Wildman–Crippen LogP) is 4.68. The van der Waals surface area contributed by atoms with Crippen LogP contribution in [0.15, 0.2) is 10.7 Å². The summed E-state index contributed by atoms with van der Waals surface area (Å²) in [6.45, 7) is 1.51. The lowest BCUT2D eigenvalue weighted by atomic mass is 10.0. The van der Waals surface area contributed by atoms with Gasteiger partial charge in [-0.2, -0.15) is 0 Å². The fourth-order valence-electron chi connectivity index (χ4n) is 1.29. The van der Waals surface area contributed by atoms with Gasteiger partial charge in [-0.3, -0.25) is 0 Å². The zero-order chi connectivity index (χ0) is 13.2. The molecule has 17 heavy (non-hydrogen) atoms. The van der Waals surface area contributed by atoms with Crippen LogP contribution in [0.2, 0.25) is 0 Å². The summed E-state index contributed by atoms with van der Waals surface area (Å²) in [4.78, 5) is 1.16. The molecule has 0 aliphatic rings. The van der Waals surface area contributed by atoms with Crippen LogP contribution >= 0.6 is 15.9 Å². The lowest BCUT2D eigenvalue weighted by molar-refractivity contribution is 0.376. The molecule has 0 heterocycles. The Kier molecular flexibility index (Phi) is 4.48. The summed E-state index contributed by atoms with van der Waals surface area (Å²) >= 11 is 2.83. The van der Waals surface area contributed by atoms with Gasteiger partial charge in [0.25, 0.3) is 0 Å². The van der Waals surface area contributed by atoms with Crippen molar-refractivity contribution < 1.29 is 22.0 Å². The molecule has 0 fully saturated rings. The summed E-state index contributed by atoms with van der Waals surface area (Å²) in [6.07, 6.45) is 0.0699. The normalized spacial score (nSPS) is 10.1. The Balaban J connectivity index is 3.71. The number of halogens is 6. The van der Waals surface area contributed by atoms with Gasteiger partial charge in [0.15, 0.2) is 23.3 Å². The zero-order valence-electron chi connectivity index (χ0n) is 8.55. The van der Waals surface area contributed by atoms with Crippen LogP contribution in [0.25, 0.3) is 5.57 Å². The van der Waals surface area contributed by atoms with E-state index < -0.39 is 34.6 Å². The van der Waals surface area contributed by atoms with Crippen LogP contribution in [0.3, 0.4) is 0 Å². The summed E-state index contributed by atoms with van der Waals surface area (Å²) in [5, 5.41) is 0. The first-order valence-corrected chi connectivity index (χ1v) is 5.43. The maximum absolute atomic E-state index is 13.4. The first-order valence-electron chi connectivity index (χ1n) is 4.51. The molecular weight excluding hydrogens is 307 g/mol. The van der Waals surface area contributed by atoms with Crippen LogP contribution in [0.5, 0.6) is 0 Å². The molecule has 0 N–H and O–H groups in total. The number of hydrogen-bond acceptors (Lipinski definition) is 0. The molecule has 6 heteroatoms. The minimum atomic E-state index is -2.16. The van der Waals surface area contributed by atoms with Crippen LogP contribution in [-0.4, -0.2) is 0 Å². The standard InChI is InChI=1S/C11H6BrF5/c1-2-5(3-4-12)6-7(13)9(15)11(17)10(16)8(6)14/h4H,2H2,1H3. The number of allylic oxidation sites excluding steroid dienone is 1. The molecule has 0 saturated heterocycles. The third-order valence-electron chi connectivity index (χ3n) is 2.09. The van der Waals surface area contributed by atoms with Gasteiger partial charge in [0.05, 0.1) is 5.56 Å². The second kappa shape index (κ2) is 5.47. The third kappa shape index (κ3) is 2.42. The van der Waals surface area contributed by atoms with E-state index in [1.165, 1.54) is 6.92 Å². The molecule has 1 rings (SSSR count). The topological polar surface area (TPSA) is 0 Å². The van der Waals surface area contributed by atoms with E-state index in [1.54, 1.807) is 0 Å². The summed E-state index contributed by atoms with van der Waals surface area (Å²) in [6, 6.07) is 0. The van der Waals surface area contributed by atoms with Crippen LogP contribution in [0.4, 0.5) is 22.0 Å². The lowest BCUT2D eigenvalue weighted by Gasteiger charge is -2.08. The highest BCUT2D eigenvalue weighted by molar-refractivity contribution is 9.11. The first-order chi connectivity index (χ1) is 7.95. The van der Waals surface area contributed by atoms with Crippen molar-refractivity contribution in [3.8, 4) is 0 Å². The van der Waals surface area contributed by atoms with Crippen molar-refractivity contribution in [1.82, 2.24) is 0 Å². The van der Waals surface area contributed by atoms with E-state index >= 15 is 0 Å². The highest BCUT2D eigenvalue weighted by atomic mass is 79.9. The van der Waals surface area contributed by atoms with Crippen molar-refractivity contribution in [3.05, 3.63) is 45.4 Å². The van der Waals surface area contributed by atoms with E-state index in [2.05, 4.69) is 21.7 Å². The van der Waals surface area contributed by atoms with Gasteiger partial charge < -0.3 is 0 Å². The van der Waals surface area contributed by atoms with E-state index in [-0.39, 0.29) is 12.0 Å². The van der Waals surface area contributed by atoms with Crippen molar-refractivity contribution in [2.45, 2.75) is 13.3 Å². The van der Waals surface area contributed by atoms with E-state index in [4.69, 9.17) is 0 Å². The molecule has 0 nitrogen and oxygen atoms in total. The Morgan fingerprint density at radius 2 is 1.41 bits per heavy atom. The molecule has 1 aromatic rings. The van der Waals surface area contributed by atoms with Gasteiger partial charge in [-0.05, 0) is 6.42 Å². The first kappa shape index (κ1) is 13.9. The van der Waals surface area contributed by atoms with Crippen LogP contribution in [0, 0.1) is 29.1 Å². The van der Waals surface area contributed by atoms with Gasteiger partial charge in [-0.1, -0.05) is 22.9 Å². The van der Waals surface area contributed by atoms with Gasteiger partial charge >= 0.3 is 0 Å². The summed E-state index contributed by atoms with van der Waals surface area (Å²) in [5.41, 5.74) is 1.32. The lowest BCUT2D eigenvalue weighted by Crippen LogP contribution is -2.06. The van der Waals surface area contributed by atoms with Crippen LogP contribution in [0.1, 0.15) is 18.9 Å². The second-order valence-corrected chi connectivity index (χ2v) is 3.49. The van der Waals surface area contributed by atoms with Crippen molar-refractivity contribution >= 4 is 21.5 Å². The van der Waals surface area contributed by atoms with Gasteiger partial charge in [-0.15, -0.1) is 5.73 Å². The van der Waals surface area contributed by atoms with Crippen molar-refractivity contribution in [2.75, 3.05) is 0 Å². The molecule has 0 spiro atoms. The fraction of sp³-hybridized carbons (Fsp3) is 0.182. The molecule has 0 saturated carbocycles. The summed E-state index contributed by atoms with van der Waals surface area (Å²) in [7, 11) is 0. The smallest absolute Gasteiger partial charge is 0.200 e. The summed E-state index contributed by atoms with van der Waals surface area (Å²) < 4.78 is 65.3. The Hall–Kier alpha value is -1.13. The molecule has 1 aromatic carbocycles. The van der Waals surface area contributed by atoms with Crippen molar-refractivity contribution in [2.24, 2.45) is 0 Å². The highest BCUT2D eigenvalue weighted by Crippen LogP contribution is 2.29. The van der Waals surface area contributed by atoms with E-state index in [0.717, 1.165) is 4.99 Å². The zero-order valence-corrected chi connectivity index (χ0v) is 10.1. The van der Waals surface area contributed by atoms with E-state index in [1.807, 2.05) is 0 Å². The second-order valence-electron chi connectivity index (χ2n) is 3.03. The average molecular weight is 313 g/mol. The molecule has 92 valence electrons. The predicted molar refractivity (Wildman–Crippen MR) is 56.9 cm³/mol. The summed E-state index contributed by atoms with van der Waals surface area (Å²) in [5.74, 6) is -9.77. The van der Waals surface area contributed by atoms with Gasteiger partial charge in [0.1, 0.15) is 0 Å². The van der Waals surface area contributed by atoms with E-state index in [9.17, 15) is 22.0 Å². The molecule has 0 aromatic heterocycles. The maximum Gasteiger partial charge on any atom is 0.200 e. The van der Waals surface area contributed by atoms with E-state index in [0.29, 0.717) is 0 Å². The monoisotopic (exact) mass is 312 g/mol. The molecule has 0 bridgehead atoms. The molecule has 0 atom stereocenters. The Labute approximate surface area is 103 Å². The van der Waals surface area contributed by atoms with Crippen molar-refractivity contribution in [3.63, 3.8) is 0 Å². The van der Waals surface area contributed by atoms with Crippen LogP contribution < -0.4 is 0 Å². The molecule has 0 aliphatic heterocycles. The Bertz CT molecular complexity index is 486. The third-order valence-corrected chi connectivity index (χ3v) is 2.32. The Morgan fingerprint density at radius 3 is 1.76 bits per heavy atom. The Morgan fingerprint density at radius 1 is 1.00 bits per heavy atom. The average Bonchev–Trinajstić information content (AvgIpc) is 2.33. The molecule has 0 unspecified atom stereocenters. The van der Waals surface area contributed by atoms with Gasteiger partial charge in [-0.25, -0.2) is 22.0 Å². The van der Waals surface area contributed by atoms with Gasteiger partial charge in [0.2, 0.25) is 5.82 Å². The molecule has 0 radical (unpaired) electrons. The SMILES string of the molecule is CCC(=C=CBr)c1c(F)c(F)c(F)c(F)c1F. The molecular formula is C11H6BrF5. The minimum absolute atomic E-state index is 0.0699. The maximum atomic E-state index is 13.4. The molecule has 0 aliphatic carbocycles. The number of hydrogen-bond donors (Lipinski definition) is 0. The van der Waals surface area contributed by atoms with Crippen LogP contribution in [-0.2, 0) is 0 Å². The van der Waals surface area contributed by atoms with Gasteiger partial charge in [0, 0.05) is 10.6 Å². The minimum Gasteiger partial charge on any atom is -0.203 e. The van der Waals surface area contributed by atoms with Crippen molar-refractivity contribution in [1.29, 1.82) is 0 Å². The number of rotatable bonds is 2.